The van der Waals surface area contributed by atoms with Crippen molar-refractivity contribution in [2.45, 2.75) is 6.36 Å². The van der Waals surface area contributed by atoms with E-state index >= 15 is 0 Å². The molecule has 23 heavy (non-hydrogen) atoms. The van der Waals surface area contributed by atoms with E-state index in [-0.39, 0.29) is 18.1 Å². The number of rotatable bonds is 4. The molecule has 5 nitrogen and oxygen atoms in total. The van der Waals surface area contributed by atoms with E-state index in [1.165, 1.54) is 12.3 Å². The molecule has 8 heteroatoms. The van der Waals surface area contributed by atoms with Gasteiger partial charge >= 0.3 is 12.3 Å². The van der Waals surface area contributed by atoms with Gasteiger partial charge in [0.05, 0.1) is 17.7 Å². The fourth-order valence-electron chi connectivity index (χ4n) is 2.62. The van der Waals surface area contributed by atoms with E-state index in [9.17, 15) is 23.1 Å². The lowest BCUT2D eigenvalue weighted by atomic mass is 9.99. The fraction of sp³-hybridized carbons (Fsp3) is 0.333. The van der Waals surface area contributed by atoms with Gasteiger partial charge < -0.3 is 10.0 Å². The standard InChI is InChI=1S/C15H13F3N2O3/c16-15(17,18)23-8-9-6-20(7-9)10-1-2-13-12(5-10)11(14(21)22)3-4-19-13/h1-5,9H,6-8H2,(H,21,22). The first-order valence-corrected chi connectivity index (χ1v) is 6.91. The smallest absolute Gasteiger partial charge is 0.478 e. The third-order valence-electron chi connectivity index (χ3n) is 3.76. The molecule has 3 rings (SSSR count). The molecule has 0 radical (unpaired) electrons. The Labute approximate surface area is 129 Å². The summed E-state index contributed by atoms with van der Waals surface area (Å²) in [7, 11) is 0. The van der Waals surface area contributed by atoms with Crippen LogP contribution in [-0.4, -0.2) is 42.1 Å². The van der Waals surface area contributed by atoms with Crippen molar-refractivity contribution in [3.05, 3.63) is 36.0 Å². The maximum Gasteiger partial charge on any atom is 0.522 e. The zero-order valence-electron chi connectivity index (χ0n) is 11.9. The molecular formula is C15H13F3N2O3. The van der Waals surface area contributed by atoms with Crippen molar-refractivity contribution in [3.8, 4) is 0 Å². The van der Waals surface area contributed by atoms with Crippen LogP contribution < -0.4 is 4.90 Å². The van der Waals surface area contributed by atoms with Crippen molar-refractivity contribution in [1.82, 2.24) is 4.98 Å². The molecule has 2 aromatic rings. The first-order valence-electron chi connectivity index (χ1n) is 6.91. The highest BCUT2D eigenvalue weighted by Gasteiger charge is 2.34. The summed E-state index contributed by atoms with van der Waals surface area (Å²) >= 11 is 0. The second-order valence-electron chi connectivity index (χ2n) is 5.39. The number of carbonyl (C=O) groups is 1. The number of halogens is 3. The summed E-state index contributed by atoms with van der Waals surface area (Å²) in [5.74, 6) is -1.24. The molecule has 0 amide bonds. The Morgan fingerprint density at radius 3 is 2.74 bits per heavy atom. The third kappa shape index (κ3) is 3.37. The van der Waals surface area contributed by atoms with E-state index in [2.05, 4.69) is 9.72 Å². The summed E-state index contributed by atoms with van der Waals surface area (Å²) in [5.41, 5.74) is 1.47. The molecule has 1 N–H and O–H groups in total. The second kappa shape index (κ2) is 5.69. The van der Waals surface area contributed by atoms with E-state index < -0.39 is 12.3 Å². The Kier molecular flexibility index (Phi) is 3.85. The Balaban J connectivity index is 1.73. The number of ether oxygens (including phenoxy) is 1. The Morgan fingerprint density at radius 2 is 2.09 bits per heavy atom. The number of aromatic carboxylic acids is 1. The van der Waals surface area contributed by atoms with Gasteiger partial charge in [0, 0.05) is 36.3 Å². The maximum absolute atomic E-state index is 12.0. The van der Waals surface area contributed by atoms with Crippen LogP contribution in [0.1, 0.15) is 10.4 Å². The van der Waals surface area contributed by atoms with Crippen LogP contribution in [0.3, 0.4) is 0 Å². The molecule has 0 spiro atoms. The molecule has 2 heterocycles. The molecule has 0 saturated carbocycles. The van der Waals surface area contributed by atoms with Gasteiger partial charge in [-0.15, -0.1) is 13.2 Å². The van der Waals surface area contributed by atoms with E-state index in [0.717, 1.165) is 5.69 Å². The number of hydrogen-bond acceptors (Lipinski definition) is 4. The van der Waals surface area contributed by atoms with Gasteiger partial charge in [0.1, 0.15) is 0 Å². The van der Waals surface area contributed by atoms with E-state index in [1.807, 2.05) is 4.90 Å². The van der Waals surface area contributed by atoms with Gasteiger partial charge in [-0.05, 0) is 24.3 Å². The Hall–Kier alpha value is -2.35. The molecule has 122 valence electrons. The summed E-state index contributed by atoms with van der Waals surface area (Å²) < 4.78 is 39.8. The summed E-state index contributed by atoms with van der Waals surface area (Å²) in [6.07, 6.45) is -3.18. The number of benzene rings is 1. The number of pyridine rings is 1. The van der Waals surface area contributed by atoms with Crippen LogP contribution >= 0.6 is 0 Å². The molecule has 1 aromatic carbocycles. The topological polar surface area (TPSA) is 62.7 Å². The van der Waals surface area contributed by atoms with Crippen molar-refractivity contribution < 1.29 is 27.8 Å². The fourth-order valence-corrected chi connectivity index (χ4v) is 2.62. The van der Waals surface area contributed by atoms with Gasteiger partial charge in [0.25, 0.3) is 0 Å². The number of fused-ring (bicyclic) bond motifs is 1. The van der Waals surface area contributed by atoms with Crippen molar-refractivity contribution in [2.75, 3.05) is 24.6 Å². The van der Waals surface area contributed by atoms with Gasteiger partial charge in [-0.3, -0.25) is 9.72 Å². The van der Waals surface area contributed by atoms with Gasteiger partial charge in [-0.2, -0.15) is 0 Å². The number of aromatic nitrogens is 1. The van der Waals surface area contributed by atoms with Crippen LogP contribution in [-0.2, 0) is 4.74 Å². The molecule has 1 aromatic heterocycles. The van der Waals surface area contributed by atoms with Crippen molar-refractivity contribution in [3.63, 3.8) is 0 Å². The first-order chi connectivity index (χ1) is 10.8. The highest BCUT2D eigenvalue weighted by Crippen LogP contribution is 2.30. The van der Waals surface area contributed by atoms with Crippen LogP contribution in [0.15, 0.2) is 30.5 Å². The molecule has 0 bridgehead atoms. The molecule has 1 fully saturated rings. The van der Waals surface area contributed by atoms with E-state index in [0.29, 0.717) is 24.0 Å². The second-order valence-corrected chi connectivity index (χ2v) is 5.39. The average Bonchev–Trinajstić information content (AvgIpc) is 2.43. The predicted octanol–water partition coefficient (Wildman–Crippen LogP) is 2.91. The molecule has 0 unspecified atom stereocenters. The SMILES string of the molecule is O=C(O)c1ccnc2ccc(N3CC(COC(F)(F)F)C3)cc12. The lowest BCUT2D eigenvalue weighted by Gasteiger charge is -2.41. The van der Waals surface area contributed by atoms with Crippen molar-refractivity contribution in [1.29, 1.82) is 0 Å². The number of carboxylic acid groups (broad SMARTS) is 1. The molecule has 0 aliphatic carbocycles. The number of carboxylic acids is 1. The minimum absolute atomic E-state index is 0.148. The average molecular weight is 326 g/mol. The van der Waals surface area contributed by atoms with Crippen molar-refractivity contribution in [2.24, 2.45) is 5.92 Å². The van der Waals surface area contributed by atoms with Crippen molar-refractivity contribution >= 4 is 22.6 Å². The quantitative estimate of drug-likeness (QED) is 0.936. The van der Waals surface area contributed by atoms with Gasteiger partial charge in [-0.25, -0.2) is 4.79 Å². The lowest BCUT2D eigenvalue weighted by Crippen LogP contribution is -2.49. The maximum atomic E-state index is 12.0. The number of hydrogen-bond donors (Lipinski definition) is 1. The summed E-state index contributed by atoms with van der Waals surface area (Å²) in [4.78, 5) is 17.2. The van der Waals surface area contributed by atoms with Crippen LogP contribution in [0.5, 0.6) is 0 Å². The summed E-state index contributed by atoms with van der Waals surface area (Å²) in [5, 5.41) is 9.71. The predicted molar refractivity (Wildman–Crippen MR) is 76.4 cm³/mol. The van der Waals surface area contributed by atoms with E-state index in [4.69, 9.17) is 0 Å². The Morgan fingerprint density at radius 1 is 1.35 bits per heavy atom. The third-order valence-corrected chi connectivity index (χ3v) is 3.76. The molecule has 0 atom stereocenters. The Bertz CT molecular complexity index is 742. The molecular weight excluding hydrogens is 313 g/mol. The zero-order chi connectivity index (χ0) is 16.6. The summed E-state index contributed by atoms with van der Waals surface area (Å²) in [6.45, 7) is 0.504. The minimum atomic E-state index is -4.61. The lowest BCUT2D eigenvalue weighted by molar-refractivity contribution is -0.328. The van der Waals surface area contributed by atoms with Crippen LogP contribution in [0.2, 0.25) is 0 Å². The highest BCUT2D eigenvalue weighted by molar-refractivity contribution is 6.03. The largest absolute Gasteiger partial charge is 0.522 e. The number of nitrogens with zero attached hydrogens (tertiary/aromatic N) is 2. The molecule has 1 aliphatic heterocycles. The van der Waals surface area contributed by atoms with E-state index in [1.54, 1.807) is 18.2 Å². The van der Waals surface area contributed by atoms with Crippen LogP contribution in [0.4, 0.5) is 18.9 Å². The minimum Gasteiger partial charge on any atom is -0.478 e. The highest BCUT2D eigenvalue weighted by atomic mass is 19.4. The normalized spacial score (nSPS) is 15.7. The number of anilines is 1. The monoisotopic (exact) mass is 326 g/mol. The van der Waals surface area contributed by atoms with Gasteiger partial charge in [0.15, 0.2) is 0 Å². The molecule has 1 aliphatic rings. The van der Waals surface area contributed by atoms with Gasteiger partial charge in [0.2, 0.25) is 0 Å². The summed E-state index contributed by atoms with van der Waals surface area (Å²) in [6, 6.07) is 6.61. The van der Waals surface area contributed by atoms with Crippen LogP contribution in [0.25, 0.3) is 10.9 Å². The molecule has 1 saturated heterocycles. The van der Waals surface area contributed by atoms with Gasteiger partial charge in [-0.1, -0.05) is 0 Å². The zero-order valence-corrected chi connectivity index (χ0v) is 11.9. The first kappa shape index (κ1) is 15.5. The number of alkyl halides is 3. The van der Waals surface area contributed by atoms with Crippen LogP contribution in [0, 0.1) is 5.92 Å².